The Morgan fingerprint density at radius 3 is 2.52 bits per heavy atom. The van der Waals surface area contributed by atoms with E-state index in [1.807, 2.05) is 0 Å². The number of amides is 4. The third-order valence-electron chi connectivity index (χ3n) is 4.58. The molecule has 2 N–H and O–H groups in total. The minimum Gasteiger partial charge on any atom is -0.493 e. The van der Waals surface area contributed by atoms with Crippen LogP contribution in [-0.2, 0) is 20.8 Å². The highest BCUT2D eigenvalue weighted by atomic mass is 35.5. The van der Waals surface area contributed by atoms with Crippen molar-refractivity contribution in [3.8, 4) is 11.5 Å². The fraction of sp³-hybridized carbons (Fsp3) is 0.130. The van der Waals surface area contributed by atoms with Crippen molar-refractivity contribution in [2.24, 2.45) is 0 Å². The van der Waals surface area contributed by atoms with Crippen LogP contribution in [0.15, 0.2) is 54.6 Å². The largest absolute Gasteiger partial charge is 0.493 e. The molecule has 1 aliphatic heterocycles. The van der Waals surface area contributed by atoms with E-state index in [-0.39, 0.29) is 22.8 Å². The number of hydrogen-bond donors (Lipinski definition) is 2. The zero-order valence-electron chi connectivity index (χ0n) is 17.5. The Morgan fingerprint density at radius 2 is 1.91 bits per heavy atom. The van der Waals surface area contributed by atoms with Gasteiger partial charge in [-0.05, 0) is 54.5 Å². The number of aliphatic carboxylic acids is 1. The quantitative estimate of drug-likeness (QED) is 0.345. The molecule has 10 heteroatoms. The van der Waals surface area contributed by atoms with Gasteiger partial charge in [-0.3, -0.25) is 14.9 Å². The molecule has 3 rings (SSSR count). The van der Waals surface area contributed by atoms with Crippen molar-refractivity contribution in [1.29, 1.82) is 0 Å². The van der Waals surface area contributed by atoms with Gasteiger partial charge in [0.2, 0.25) is 0 Å². The van der Waals surface area contributed by atoms with Gasteiger partial charge < -0.3 is 14.6 Å². The van der Waals surface area contributed by atoms with Crippen LogP contribution in [0.25, 0.3) is 6.08 Å². The molecule has 0 aliphatic carbocycles. The third-order valence-corrected chi connectivity index (χ3v) is 4.83. The molecular formula is C23H19ClN2O7. The minimum absolute atomic E-state index is 0.205. The van der Waals surface area contributed by atoms with Crippen molar-refractivity contribution in [2.45, 2.75) is 6.42 Å². The van der Waals surface area contributed by atoms with Gasteiger partial charge in [0.1, 0.15) is 5.57 Å². The van der Waals surface area contributed by atoms with Crippen LogP contribution in [0.2, 0.25) is 5.02 Å². The maximum Gasteiger partial charge on any atom is 0.341 e. The Labute approximate surface area is 193 Å². The molecule has 1 saturated heterocycles. The van der Waals surface area contributed by atoms with Crippen LogP contribution in [-0.4, -0.2) is 42.6 Å². The molecule has 1 fully saturated rings. The molecule has 170 valence electrons. The molecule has 0 aromatic heterocycles. The predicted octanol–water partition coefficient (Wildman–Crippen LogP) is 3.21. The third kappa shape index (κ3) is 5.21. The van der Waals surface area contributed by atoms with Gasteiger partial charge in [0, 0.05) is 10.6 Å². The fourth-order valence-corrected chi connectivity index (χ4v) is 3.30. The molecule has 0 unspecified atom stereocenters. The van der Waals surface area contributed by atoms with Gasteiger partial charge in [-0.2, -0.15) is 0 Å². The molecule has 9 nitrogen and oxygen atoms in total. The summed E-state index contributed by atoms with van der Waals surface area (Å²) in [5, 5.41) is 11.5. The molecule has 2 aromatic carbocycles. The summed E-state index contributed by atoms with van der Waals surface area (Å²) in [5.74, 6) is -2.42. The first-order valence-electron chi connectivity index (χ1n) is 9.58. The second-order valence-electron chi connectivity index (χ2n) is 6.82. The first kappa shape index (κ1) is 23.6. The normalized spacial score (nSPS) is 14.8. The van der Waals surface area contributed by atoms with Gasteiger partial charge in [0.25, 0.3) is 11.8 Å². The molecular weight excluding hydrogens is 452 g/mol. The number of hydrogen-bond acceptors (Lipinski definition) is 6. The van der Waals surface area contributed by atoms with Gasteiger partial charge in [-0.15, -0.1) is 6.58 Å². The number of urea groups is 1. The fourth-order valence-electron chi connectivity index (χ4n) is 3.17. The van der Waals surface area contributed by atoms with Crippen LogP contribution in [0, 0.1) is 0 Å². The summed E-state index contributed by atoms with van der Waals surface area (Å²) in [6.45, 7) is 3.09. The molecule has 0 radical (unpaired) electrons. The molecule has 2 aromatic rings. The number of rotatable bonds is 8. The Hall–Kier alpha value is -4.11. The van der Waals surface area contributed by atoms with Crippen molar-refractivity contribution in [1.82, 2.24) is 5.32 Å². The number of anilines is 1. The summed E-state index contributed by atoms with van der Waals surface area (Å²) in [4.78, 5) is 49.6. The van der Waals surface area contributed by atoms with Crippen LogP contribution in [0.1, 0.15) is 11.1 Å². The monoisotopic (exact) mass is 470 g/mol. The van der Waals surface area contributed by atoms with E-state index in [0.717, 1.165) is 4.90 Å². The topological polar surface area (TPSA) is 122 Å². The number of barbiturate groups is 1. The van der Waals surface area contributed by atoms with Gasteiger partial charge in [-0.25, -0.2) is 14.5 Å². The molecule has 0 bridgehead atoms. The molecule has 1 aliphatic rings. The van der Waals surface area contributed by atoms with Crippen molar-refractivity contribution >= 4 is 47.2 Å². The van der Waals surface area contributed by atoms with Crippen LogP contribution in [0.3, 0.4) is 0 Å². The van der Waals surface area contributed by atoms with Crippen LogP contribution >= 0.6 is 11.6 Å². The predicted molar refractivity (Wildman–Crippen MR) is 120 cm³/mol. The minimum atomic E-state index is -1.16. The summed E-state index contributed by atoms with van der Waals surface area (Å²) < 4.78 is 10.7. The van der Waals surface area contributed by atoms with Gasteiger partial charge in [0.05, 0.1) is 12.8 Å². The van der Waals surface area contributed by atoms with E-state index >= 15 is 0 Å². The zero-order valence-corrected chi connectivity index (χ0v) is 18.2. The van der Waals surface area contributed by atoms with Gasteiger partial charge >= 0.3 is 12.0 Å². The standard InChI is InChI=1S/C23H19ClN2O7/c1-3-4-14-9-13(11-18(32-2)20(14)33-12-19(27)28)10-17-21(29)25-23(31)26(22(17)30)16-7-5-15(24)6-8-16/h3,5-11H,1,4,12H2,2H3,(H,27,28)(H,25,29,31). The summed E-state index contributed by atoms with van der Waals surface area (Å²) in [5.41, 5.74) is 0.889. The maximum atomic E-state index is 13.1. The first-order chi connectivity index (χ1) is 15.7. The average Bonchev–Trinajstić information content (AvgIpc) is 2.76. The lowest BCUT2D eigenvalue weighted by Crippen LogP contribution is -2.54. The molecule has 1 heterocycles. The zero-order chi connectivity index (χ0) is 24.1. The number of carbonyl (C=O) groups excluding carboxylic acids is 3. The van der Waals surface area contributed by atoms with Crippen LogP contribution in [0.5, 0.6) is 11.5 Å². The number of methoxy groups -OCH3 is 1. The second-order valence-corrected chi connectivity index (χ2v) is 7.26. The lowest BCUT2D eigenvalue weighted by molar-refractivity contribution is -0.139. The number of imide groups is 2. The molecule has 0 atom stereocenters. The molecule has 0 spiro atoms. The number of allylic oxidation sites excluding steroid dienone is 1. The number of nitrogens with zero attached hydrogens (tertiary/aromatic N) is 1. The van der Waals surface area contributed by atoms with Crippen molar-refractivity contribution < 1.29 is 33.8 Å². The van der Waals surface area contributed by atoms with Crippen molar-refractivity contribution in [3.63, 3.8) is 0 Å². The average molecular weight is 471 g/mol. The van der Waals surface area contributed by atoms with E-state index in [9.17, 15) is 19.2 Å². The van der Waals surface area contributed by atoms with Gasteiger partial charge in [0.15, 0.2) is 18.1 Å². The number of ether oxygens (including phenoxy) is 2. The summed E-state index contributed by atoms with van der Waals surface area (Å²) >= 11 is 5.87. The number of carbonyl (C=O) groups is 4. The van der Waals surface area contributed by atoms with Gasteiger partial charge in [-0.1, -0.05) is 17.7 Å². The lowest BCUT2D eigenvalue weighted by atomic mass is 10.0. The highest BCUT2D eigenvalue weighted by Crippen LogP contribution is 2.35. The summed E-state index contributed by atoms with van der Waals surface area (Å²) in [7, 11) is 1.37. The van der Waals surface area contributed by atoms with Crippen LogP contribution in [0.4, 0.5) is 10.5 Å². The highest BCUT2D eigenvalue weighted by Gasteiger charge is 2.36. The SMILES string of the molecule is C=CCc1cc(C=C2C(=O)NC(=O)N(c3ccc(Cl)cc3)C2=O)cc(OC)c1OCC(=O)O. The number of halogens is 1. The smallest absolute Gasteiger partial charge is 0.341 e. The first-order valence-corrected chi connectivity index (χ1v) is 9.96. The van der Waals surface area contributed by atoms with E-state index in [4.69, 9.17) is 26.2 Å². The summed E-state index contributed by atoms with van der Waals surface area (Å²) in [6, 6.07) is 8.20. The maximum absolute atomic E-state index is 13.1. The number of benzene rings is 2. The molecule has 33 heavy (non-hydrogen) atoms. The number of nitrogens with one attached hydrogen (secondary N) is 1. The van der Waals surface area contributed by atoms with E-state index in [1.165, 1.54) is 43.5 Å². The lowest BCUT2D eigenvalue weighted by Gasteiger charge is -2.26. The van der Waals surface area contributed by atoms with Crippen LogP contribution < -0.4 is 19.7 Å². The second kappa shape index (κ2) is 10.0. The van der Waals surface area contributed by atoms with E-state index in [1.54, 1.807) is 12.1 Å². The van der Waals surface area contributed by atoms with E-state index in [0.29, 0.717) is 22.6 Å². The Balaban J connectivity index is 2.04. The summed E-state index contributed by atoms with van der Waals surface area (Å²) in [6.07, 6.45) is 3.19. The van der Waals surface area contributed by atoms with Crippen molar-refractivity contribution in [2.75, 3.05) is 18.6 Å². The van der Waals surface area contributed by atoms with E-state index < -0.39 is 30.4 Å². The van der Waals surface area contributed by atoms with Crippen molar-refractivity contribution in [3.05, 3.63) is 70.8 Å². The Kier molecular flexibility index (Phi) is 7.14. The Morgan fingerprint density at radius 1 is 1.21 bits per heavy atom. The highest BCUT2D eigenvalue weighted by molar-refractivity contribution is 6.39. The number of carboxylic acid groups (broad SMARTS) is 1. The molecule has 0 saturated carbocycles. The van der Waals surface area contributed by atoms with E-state index in [2.05, 4.69) is 11.9 Å². The number of carboxylic acids is 1. The molecule has 4 amide bonds. The Bertz CT molecular complexity index is 1170.